The standard InChI is InChI=1S/C17H23NO2/c1-2-17(9-5-10-18-17)16(19)12-15-14-7-4-3-6-13(14)8-11-20-15/h3-4,6-7,15,18H,2,5,8-12H2,1H3. The van der Waals surface area contributed by atoms with Gasteiger partial charge in [-0.15, -0.1) is 0 Å². The van der Waals surface area contributed by atoms with E-state index >= 15 is 0 Å². The molecule has 108 valence electrons. The van der Waals surface area contributed by atoms with Crippen LogP contribution < -0.4 is 5.32 Å². The topological polar surface area (TPSA) is 38.3 Å². The van der Waals surface area contributed by atoms with Crippen LogP contribution in [-0.2, 0) is 16.0 Å². The Labute approximate surface area is 120 Å². The van der Waals surface area contributed by atoms with Crippen molar-refractivity contribution in [3.63, 3.8) is 0 Å². The fourth-order valence-corrected chi connectivity index (χ4v) is 3.55. The molecule has 2 aliphatic heterocycles. The van der Waals surface area contributed by atoms with Crippen LogP contribution in [0.3, 0.4) is 0 Å². The van der Waals surface area contributed by atoms with E-state index in [9.17, 15) is 4.79 Å². The highest BCUT2D eigenvalue weighted by molar-refractivity contribution is 5.89. The summed E-state index contributed by atoms with van der Waals surface area (Å²) < 4.78 is 5.88. The highest BCUT2D eigenvalue weighted by atomic mass is 16.5. The Balaban J connectivity index is 1.77. The number of hydrogen-bond acceptors (Lipinski definition) is 3. The zero-order valence-electron chi connectivity index (χ0n) is 12.2. The first-order chi connectivity index (χ1) is 9.75. The molecule has 0 radical (unpaired) electrons. The van der Waals surface area contributed by atoms with E-state index in [1.54, 1.807) is 0 Å². The summed E-state index contributed by atoms with van der Waals surface area (Å²) in [5.41, 5.74) is 2.24. The number of ketones is 1. The van der Waals surface area contributed by atoms with Gasteiger partial charge >= 0.3 is 0 Å². The fraction of sp³-hybridized carbons (Fsp3) is 0.588. The summed E-state index contributed by atoms with van der Waals surface area (Å²) in [4.78, 5) is 12.7. The first kappa shape index (κ1) is 13.8. The second-order valence-corrected chi connectivity index (χ2v) is 5.90. The van der Waals surface area contributed by atoms with Crippen molar-refractivity contribution in [2.75, 3.05) is 13.2 Å². The number of carbonyl (C=O) groups is 1. The van der Waals surface area contributed by atoms with Gasteiger partial charge in [-0.05, 0) is 43.4 Å². The Morgan fingerprint density at radius 1 is 1.45 bits per heavy atom. The van der Waals surface area contributed by atoms with Gasteiger partial charge in [0, 0.05) is 6.42 Å². The van der Waals surface area contributed by atoms with Gasteiger partial charge in [0.1, 0.15) is 0 Å². The minimum atomic E-state index is -0.296. The van der Waals surface area contributed by atoms with Crippen molar-refractivity contribution < 1.29 is 9.53 Å². The van der Waals surface area contributed by atoms with Gasteiger partial charge in [-0.1, -0.05) is 31.2 Å². The second-order valence-electron chi connectivity index (χ2n) is 5.90. The number of hydrogen-bond donors (Lipinski definition) is 1. The Bertz CT molecular complexity index is 492. The summed E-state index contributed by atoms with van der Waals surface area (Å²) in [6, 6.07) is 8.36. The fourth-order valence-electron chi connectivity index (χ4n) is 3.55. The van der Waals surface area contributed by atoms with E-state index < -0.39 is 0 Å². The first-order valence-corrected chi connectivity index (χ1v) is 7.73. The first-order valence-electron chi connectivity index (χ1n) is 7.73. The molecule has 2 aliphatic rings. The molecule has 3 nitrogen and oxygen atoms in total. The van der Waals surface area contributed by atoms with Crippen molar-refractivity contribution in [2.24, 2.45) is 0 Å². The average Bonchev–Trinajstić information content (AvgIpc) is 2.98. The van der Waals surface area contributed by atoms with Crippen molar-refractivity contribution in [3.8, 4) is 0 Å². The van der Waals surface area contributed by atoms with E-state index in [1.165, 1.54) is 11.1 Å². The van der Waals surface area contributed by atoms with Crippen LogP contribution in [0.2, 0.25) is 0 Å². The van der Waals surface area contributed by atoms with Gasteiger partial charge in [-0.25, -0.2) is 0 Å². The van der Waals surface area contributed by atoms with Gasteiger partial charge in [0.15, 0.2) is 5.78 Å². The summed E-state index contributed by atoms with van der Waals surface area (Å²) in [5.74, 6) is 0.319. The summed E-state index contributed by atoms with van der Waals surface area (Å²) >= 11 is 0. The van der Waals surface area contributed by atoms with Crippen LogP contribution in [0, 0.1) is 0 Å². The predicted molar refractivity (Wildman–Crippen MR) is 78.7 cm³/mol. The largest absolute Gasteiger partial charge is 0.373 e. The summed E-state index contributed by atoms with van der Waals surface area (Å²) in [5, 5.41) is 3.43. The maximum atomic E-state index is 12.7. The van der Waals surface area contributed by atoms with Crippen LogP contribution in [0.4, 0.5) is 0 Å². The number of Topliss-reactive ketones (excluding diaryl/α,β-unsaturated/α-hetero) is 1. The summed E-state index contributed by atoms with van der Waals surface area (Å²) in [6.07, 6.45) is 4.34. The molecule has 3 rings (SSSR count). The lowest BCUT2D eigenvalue weighted by atomic mass is 9.84. The Hall–Kier alpha value is -1.19. The van der Waals surface area contributed by atoms with E-state index in [4.69, 9.17) is 4.74 Å². The van der Waals surface area contributed by atoms with Gasteiger partial charge in [0.05, 0.1) is 18.2 Å². The predicted octanol–water partition coefficient (Wildman–Crippen LogP) is 2.79. The van der Waals surface area contributed by atoms with Crippen LogP contribution >= 0.6 is 0 Å². The molecule has 0 aliphatic carbocycles. The molecular weight excluding hydrogens is 250 g/mol. The summed E-state index contributed by atoms with van der Waals surface area (Å²) in [6.45, 7) is 3.79. The number of fused-ring (bicyclic) bond motifs is 1. The van der Waals surface area contributed by atoms with E-state index in [0.29, 0.717) is 12.2 Å². The van der Waals surface area contributed by atoms with E-state index in [2.05, 4.69) is 30.4 Å². The number of rotatable bonds is 4. The van der Waals surface area contributed by atoms with Crippen LogP contribution in [0.1, 0.15) is 49.8 Å². The second kappa shape index (κ2) is 5.66. The number of nitrogens with one attached hydrogen (secondary N) is 1. The van der Waals surface area contributed by atoms with Crippen LogP contribution in [-0.4, -0.2) is 24.5 Å². The monoisotopic (exact) mass is 273 g/mol. The normalized spacial score (nSPS) is 29.1. The van der Waals surface area contributed by atoms with Crippen molar-refractivity contribution in [2.45, 2.75) is 50.7 Å². The Morgan fingerprint density at radius 3 is 3.05 bits per heavy atom. The number of benzene rings is 1. The lowest BCUT2D eigenvalue weighted by Crippen LogP contribution is -2.47. The van der Waals surface area contributed by atoms with Gasteiger partial charge in [0.25, 0.3) is 0 Å². The molecule has 0 spiro atoms. The lowest BCUT2D eigenvalue weighted by molar-refractivity contribution is -0.128. The molecule has 20 heavy (non-hydrogen) atoms. The molecular formula is C17H23NO2. The number of ether oxygens (including phenoxy) is 1. The highest BCUT2D eigenvalue weighted by Gasteiger charge is 2.40. The van der Waals surface area contributed by atoms with E-state index in [1.807, 2.05) is 6.07 Å². The maximum absolute atomic E-state index is 12.7. The molecule has 2 heterocycles. The highest BCUT2D eigenvalue weighted by Crippen LogP contribution is 2.33. The molecule has 1 aromatic carbocycles. The molecule has 0 bridgehead atoms. The molecule has 0 saturated carbocycles. The number of carbonyl (C=O) groups excluding carboxylic acids is 1. The van der Waals surface area contributed by atoms with Crippen molar-refractivity contribution in [3.05, 3.63) is 35.4 Å². The Morgan fingerprint density at radius 2 is 2.30 bits per heavy atom. The molecule has 3 heteroatoms. The van der Waals surface area contributed by atoms with Crippen LogP contribution in [0.15, 0.2) is 24.3 Å². The summed E-state index contributed by atoms with van der Waals surface area (Å²) in [7, 11) is 0. The zero-order chi connectivity index (χ0) is 14.0. The van der Waals surface area contributed by atoms with Gasteiger partial charge < -0.3 is 10.1 Å². The van der Waals surface area contributed by atoms with E-state index in [0.717, 1.165) is 38.8 Å². The van der Waals surface area contributed by atoms with Crippen molar-refractivity contribution in [1.29, 1.82) is 0 Å². The van der Waals surface area contributed by atoms with Crippen LogP contribution in [0.25, 0.3) is 0 Å². The SMILES string of the molecule is CCC1(C(=O)CC2OCCc3ccccc32)CCCN1. The third-order valence-electron chi connectivity index (χ3n) is 4.84. The van der Waals surface area contributed by atoms with E-state index in [-0.39, 0.29) is 11.6 Å². The minimum absolute atomic E-state index is 0.0572. The zero-order valence-corrected chi connectivity index (χ0v) is 12.2. The third kappa shape index (κ3) is 2.40. The molecule has 2 atom stereocenters. The van der Waals surface area contributed by atoms with Gasteiger partial charge in [-0.2, -0.15) is 0 Å². The van der Waals surface area contributed by atoms with Crippen molar-refractivity contribution >= 4 is 5.78 Å². The van der Waals surface area contributed by atoms with Gasteiger partial charge in [-0.3, -0.25) is 4.79 Å². The maximum Gasteiger partial charge on any atom is 0.155 e. The van der Waals surface area contributed by atoms with Crippen LogP contribution in [0.5, 0.6) is 0 Å². The molecule has 1 N–H and O–H groups in total. The molecule has 1 aromatic rings. The lowest BCUT2D eigenvalue weighted by Gasteiger charge is -2.31. The molecule has 0 amide bonds. The quantitative estimate of drug-likeness (QED) is 0.916. The Kier molecular flexibility index (Phi) is 3.90. The van der Waals surface area contributed by atoms with Crippen molar-refractivity contribution in [1.82, 2.24) is 5.32 Å². The smallest absolute Gasteiger partial charge is 0.155 e. The average molecular weight is 273 g/mol. The molecule has 1 fully saturated rings. The minimum Gasteiger partial charge on any atom is -0.373 e. The third-order valence-corrected chi connectivity index (χ3v) is 4.84. The molecule has 1 saturated heterocycles. The van der Waals surface area contributed by atoms with Gasteiger partial charge in [0.2, 0.25) is 0 Å². The molecule has 0 aromatic heterocycles. The molecule has 2 unspecified atom stereocenters.